The van der Waals surface area contributed by atoms with Crippen molar-refractivity contribution in [3.05, 3.63) is 58.6 Å². The Balaban J connectivity index is 2.22. The molecular weight excluding hydrogens is 308 g/mol. The van der Waals surface area contributed by atoms with E-state index in [9.17, 15) is 8.42 Å². The fourth-order valence-electron chi connectivity index (χ4n) is 2.06. The van der Waals surface area contributed by atoms with Gasteiger partial charge in [0.05, 0.1) is 5.02 Å². The van der Waals surface area contributed by atoms with Crippen LogP contribution in [0.25, 0.3) is 0 Å². The van der Waals surface area contributed by atoms with E-state index in [4.69, 9.17) is 17.3 Å². The highest BCUT2D eigenvalue weighted by atomic mass is 35.5. The first-order chi connectivity index (χ1) is 9.94. The van der Waals surface area contributed by atoms with Crippen molar-refractivity contribution in [2.75, 3.05) is 5.73 Å². The van der Waals surface area contributed by atoms with Crippen LogP contribution in [0.3, 0.4) is 0 Å². The first kappa shape index (κ1) is 15.8. The van der Waals surface area contributed by atoms with Crippen molar-refractivity contribution in [3.63, 3.8) is 0 Å². The smallest absolute Gasteiger partial charge is 0.242 e. The van der Waals surface area contributed by atoms with Crippen LogP contribution in [0.2, 0.25) is 5.02 Å². The van der Waals surface area contributed by atoms with Crippen LogP contribution < -0.4 is 10.5 Å². The van der Waals surface area contributed by atoms with E-state index in [0.717, 1.165) is 17.5 Å². The van der Waals surface area contributed by atoms with Gasteiger partial charge >= 0.3 is 0 Å². The van der Waals surface area contributed by atoms with Crippen molar-refractivity contribution in [1.29, 1.82) is 0 Å². The largest absolute Gasteiger partial charge is 0.399 e. The maximum Gasteiger partial charge on any atom is 0.242 e. The summed E-state index contributed by atoms with van der Waals surface area (Å²) in [4.78, 5) is 0.0346. The van der Waals surface area contributed by atoms with Gasteiger partial charge in [-0.2, -0.15) is 0 Å². The van der Waals surface area contributed by atoms with Gasteiger partial charge in [0.15, 0.2) is 0 Å². The van der Waals surface area contributed by atoms with Crippen molar-refractivity contribution in [3.8, 4) is 0 Å². The lowest BCUT2D eigenvalue weighted by Crippen LogP contribution is -2.24. The average Bonchev–Trinajstić information content (AvgIpc) is 2.45. The van der Waals surface area contributed by atoms with Crippen LogP contribution in [-0.2, 0) is 23.0 Å². The molecule has 0 heterocycles. The molecule has 112 valence electrons. The fraction of sp³-hybridized carbons (Fsp3) is 0.200. The predicted molar refractivity (Wildman–Crippen MR) is 85.7 cm³/mol. The Morgan fingerprint density at radius 2 is 1.81 bits per heavy atom. The maximum absolute atomic E-state index is 12.3. The zero-order valence-electron chi connectivity index (χ0n) is 11.6. The third-order valence-corrected chi connectivity index (χ3v) is 5.08. The van der Waals surface area contributed by atoms with Gasteiger partial charge in [-0.3, -0.25) is 0 Å². The molecule has 0 bridgehead atoms. The Morgan fingerprint density at radius 3 is 2.43 bits per heavy atom. The summed E-state index contributed by atoms with van der Waals surface area (Å²) in [7, 11) is -3.67. The van der Waals surface area contributed by atoms with Crippen molar-refractivity contribution in [2.24, 2.45) is 0 Å². The van der Waals surface area contributed by atoms with Crippen molar-refractivity contribution in [1.82, 2.24) is 4.72 Å². The number of rotatable bonds is 5. The number of nitrogens with one attached hydrogen (secondary N) is 1. The Kier molecular flexibility index (Phi) is 4.88. The average molecular weight is 325 g/mol. The van der Waals surface area contributed by atoms with Crippen LogP contribution in [0.1, 0.15) is 18.1 Å². The molecule has 2 aromatic rings. The van der Waals surface area contributed by atoms with Gasteiger partial charge in [-0.15, -0.1) is 0 Å². The standard InChI is InChI=1S/C15H17ClN2O2S/c1-2-11-5-3-4-6-12(11)10-18-21(19,20)15-8-7-13(17)9-14(15)16/h3-9,18H,2,10,17H2,1H3. The molecule has 0 amide bonds. The van der Waals surface area contributed by atoms with E-state index in [0.29, 0.717) is 5.69 Å². The fourth-order valence-corrected chi connectivity index (χ4v) is 3.62. The van der Waals surface area contributed by atoms with Gasteiger partial charge in [0, 0.05) is 12.2 Å². The van der Waals surface area contributed by atoms with Crippen molar-refractivity contribution < 1.29 is 8.42 Å². The molecule has 3 N–H and O–H groups in total. The second-order valence-corrected chi connectivity index (χ2v) is 6.78. The molecule has 0 saturated heterocycles. The highest BCUT2D eigenvalue weighted by Gasteiger charge is 2.18. The predicted octanol–water partition coefficient (Wildman–Crippen LogP) is 2.96. The molecule has 4 nitrogen and oxygen atoms in total. The van der Waals surface area contributed by atoms with Gasteiger partial charge in [-0.25, -0.2) is 13.1 Å². The first-order valence-corrected chi connectivity index (χ1v) is 8.41. The lowest BCUT2D eigenvalue weighted by atomic mass is 10.1. The quantitative estimate of drug-likeness (QED) is 0.830. The minimum absolute atomic E-state index is 0.0346. The number of anilines is 1. The highest BCUT2D eigenvalue weighted by molar-refractivity contribution is 7.89. The zero-order chi connectivity index (χ0) is 15.5. The molecule has 0 atom stereocenters. The molecule has 6 heteroatoms. The summed E-state index contributed by atoms with van der Waals surface area (Å²) in [5, 5.41) is 0.117. The van der Waals surface area contributed by atoms with Gasteiger partial charge in [0.1, 0.15) is 4.90 Å². The Hall–Kier alpha value is -1.56. The number of nitrogens with two attached hydrogens (primary N) is 1. The van der Waals surface area contributed by atoms with Gasteiger partial charge in [0.25, 0.3) is 0 Å². The summed E-state index contributed by atoms with van der Waals surface area (Å²) in [5.74, 6) is 0. The SMILES string of the molecule is CCc1ccccc1CNS(=O)(=O)c1ccc(N)cc1Cl. The molecule has 2 aromatic carbocycles. The molecule has 0 aliphatic rings. The molecule has 0 aromatic heterocycles. The number of nitrogen functional groups attached to an aromatic ring is 1. The summed E-state index contributed by atoms with van der Waals surface area (Å²) in [6, 6.07) is 12.1. The summed E-state index contributed by atoms with van der Waals surface area (Å²) in [6.45, 7) is 2.26. The molecule has 0 unspecified atom stereocenters. The zero-order valence-corrected chi connectivity index (χ0v) is 13.2. The number of halogens is 1. The molecule has 2 rings (SSSR count). The number of hydrogen-bond acceptors (Lipinski definition) is 3. The minimum Gasteiger partial charge on any atom is -0.399 e. The van der Waals surface area contributed by atoms with E-state index >= 15 is 0 Å². The number of sulfonamides is 1. The van der Waals surface area contributed by atoms with Crippen molar-refractivity contribution in [2.45, 2.75) is 24.8 Å². The number of aryl methyl sites for hydroxylation is 1. The van der Waals surface area contributed by atoms with Gasteiger partial charge in [-0.05, 0) is 35.7 Å². The minimum atomic E-state index is -3.67. The molecule has 0 radical (unpaired) electrons. The number of hydrogen-bond donors (Lipinski definition) is 2. The second kappa shape index (κ2) is 6.47. The van der Waals surface area contributed by atoms with Gasteiger partial charge < -0.3 is 5.73 Å². The molecule has 0 spiro atoms. The third-order valence-electron chi connectivity index (χ3n) is 3.20. The van der Waals surface area contributed by atoms with Crippen LogP contribution in [-0.4, -0.2) is 8.42 Å². The van der Waals surface area contributed by atoms with E-state index < -0.39 is 10.0 Å². The lowest BCUT2D eigenvalue weighted by Gasteiger charge is -2.11. The molecule has 0 fully saturated rings. The van der Waals surface area contributed by atoms with E-state index in [2.05, 4.69) is 4.72 Å². The van der Waals surface area contributed by atoms with Crippen LogP contribution in [0.15, 0.2) is 47.4 Å². The van der Waals surface area contributed by atoms with Crippen LogP contribution >= 0.6 is 11.6 Å². The summed E-state index contributed by atoms with van der Waals surface area (Å²) >= 11 is 5.96. The van der Waals surface area contributed by atoms with E-state index in [1.54, 1.807) is 0 Å². The first-order valence-electron chi connectivity index (χ1n) is 6.55. The van der Waals surface area contributed by atoms with Gasteiger partial charge in [0.2, 0.25) is 10.0 Å². The molecule has 21 heavy (non-hydrogen) atoms. The van der Waals surface area contributed by atoms with E-state index in [-0.39, 0.29) is 16.5 Å². The third kappa shape index (κ3) is 3.75. The molecule has 0 aliphatic heterocycles. The maximum atomic E-state index is 12.3. The van der Waals surface area contributed by atoms with E-state index in [1.807, 2.05) is 31.2 Å². The molecular formula is C15H17ClN2O2S. The molecule has 0 aliphatic carbocycles. The summed E-state index contributed by atoms with van der Waals surface area (Å²) in [5.41, 5.74) is 8.07. The van der Waals surface area contributed by atoms with Crippen LogP contribution in [0.4, 0.5) is 5.69 Å². The lowest BCUT2D eigenvalue weighted by molar-refractivity contribution is 0.581. The monoisotopic (exact) mass is 324 g/mol. The highest BCUT2D eigenvalue weighted by Crippen LogP contribution is 2.23. The Morgan fingerprint density at radius 1 is 1.14 bits per heavy atom. The van der Waals surface area contributed by atoms with E-state index in [1.165, 1.54) is 18.2 Å². The Bertz CT molecular complexity index is 745. The van der Waals surface area contributed by atoms with Crippen LogP contribution in [0, 0.1) is 0 Å². The van der Waals surface area contributed by atoms with Crippen molar-refractivity contribution >= 4 is 27.3 Å². The Labute approximate surface area is 130 Å². The molecule has 0 saturated carbocycles. The topological polar surface area (TPSA) is 72.2 Å². The number of benzene rings is 2. The summed E-state index contributed by atoms with van der Waals surface area (Å²) < 4.78 is 27.2. The van der Waals surface area contributed by atoms with Crippen LogP contribution in [0.5, 0.6) is 0 Å². The summed E-state index contributed by atoms with van der Waals surface area (Å²) in [6.07, 6.45) is 0.848. The van der Waals surface area contributed by atoms with Gasteiger partial charge in [-0.1, -0.05) is 42.8 Å². The normalized spacial score (nSPS) is 11.5. The second-order valence-electron chi connectivity index (χ2n) is 4.64.